The quantitative estimate of drug-likeness (QED) is 0.572. The van der Waals surface area contributed by atoms with Crippen LogP contribution in [0, 0.1) is 6.92 Å². The number of carbonyl (C=O) groups excluding carboxylic acids is 1. The van der Waals surface area contributed by atoms with Gasteiger partial charge in [-0.25, -0.2) is 0 Å². The average molecular weight is 256 g/mol. The number of aromatic amines is 1. The van der Waals surface area contributed by atoms with Gasteiger partial charge in [-0.2, -0.15) is 5.10 Å². The van der Waals surface area contributed by atoms with E-state index >= 15 is 0 Å². The van der Waals surface area contributed by atoms with Crippen molar-refractivity contribution in [3.05, 3.63) is 11.3 Å². The number of ether oxygens (including phenoxy) is 2. The number of carbonyl (C=O) groups is 1. The maximum Gasteiger partial charge on any atom is 0.256 e. The summed E-state index contributed by atoms with van der Waals surface area (Å²) < 4.78 is 10.1. The standard InChI is InChI=1S/C11H20N4O3/c1-8-9(10(12)15-14-8)11(16)13-4-3-5-18-7-6-17-2/h3-7H2,1-2H3,(H,13,16)(H3,12,14,15). The lowest BCUT2D eigenvalue weighted by Gasteiger charge is -2.06. The molecule has 0 bridgehead atoms. The smallest absolute Gasteiger partial charge is 0.256 e. The van der Waals surface area contributed by atoms with Gasteiger partial charge in [-0.05, 0) is 13.3 Å². The molecule has 0 saturated heterocycles. The monoisotopic (exact) mass is 256 g/mol. The number of nitrogens with zero attached hydrogens (tertiary/aromatic N) is 1. The molecule has 7 heteroatoms. The highest BCUT2D eigenvalue weighted by Gasteiger charge is 2.14. The highest BCUT2D eigenvalue weighted by molar-refractivity contribution is 5.99. The van der Waals surface area contributed by atoms with Crippen molar-refractivity contribution >= 4 is 11.7 Å². The highest BCUT2D eigenvalue weighted by atomic mass is 16.5. The number of nitrogens with one attached hydrogen (secondary N) is 2. The van der Waals surface area contributed by atoms with Gasteiger partial charge in [0.05, 0.1) is 13.2 Å². The molecule has 0 aromatic carbocycles. The van der Waals surface area contributed by atoms with Gasteiger partial charge in [0, 0.05) is 26.0 Å². The number of aryl methyl sites for hydroxylation is 1. The molecule has 0 radical (unpaired) electrons. The van der Waals surface area contributed by atoms with E-state index in [0.29, 0.717) is 37.6 Å². The minimum absolute atomic E-state index is 0.212. The Bertz CT molecular complexity index is 359. The van der Waals surface area contributed by atoms with E-state index in [2.05, 4.69) is 15.5 Å². The topological polar surface area (TPSA) is 102 Å². The molecule has 0 fully saturated rings. The van der Waals surface area contributed by atoms with Crippen LogP contribution in [0.1, 0.15) is 22.5 Å². The van der Waals surface area contributed by atoms with E-state index in [1.54, 1.807) is 14.0 Å². The molecule has 1 aromatic heterocycles. The molecular formula is C11H20N4O3. The Morgan fingerprint density at radius 3 is 2.83 bits per heavy atom. The van der Waals surface area contributed by atoms with E-state index in [4.69, 9.17) is 15.2 Å². The SMILES string of the molecule is COCCOCCCNC(=O)c1c(N)n[nH]c1C. The van der Waals surface area contributed by atoms with Crippen molar-refractivity contribution in [1.82, 2.24) is 15.5 Å². The van der Waals surface area contributed by atoms with E-state index in [1.807, 2.05) is 0 Å². The molecule has 1 heterocycles. The number of nitrogens with two attached hydrogens (primary N) is 1. The van der Waals surface area contributed by atoms with Gasteiger partial charge in [0.2, 0.25) is 0 Å². The summed E-state index contributed by atoms with van der Waals surface area (Å²) in [6.45, 7) is 4.03. The molecule has 0 atom stereocenters. The minimum atomic E-state index is -0.212. The van der Waals surface area contributed by atoms with Gasteiger partial charge in [-0.1, -0.05) is 0 Å². The summed E-state index contributed by atoms with van der Waals surface area (Å²) in [7, 11) is 1.63. The molecule has 1 amide bonds. The lowest BCUT2D eigenvalue weighted by atomic mass is 10.2. The lowest BCUT2D eigenvalue weighted by Crippen LogP contribution is -2.26. The summed E-state index contributed by atoms with van der Waals surface area (Å²) in [5.41, 5.74) is 6.67. The fourth-order valence-corrected chi connectivity index (χ4v) is 1.44. The van der Waals surface area contributed by atoms with E-state index < -0.39 is 0 Å². The molecule has 0 aliphatic heterocycles. The van der Waals surface area contributed by atoms with Crippen molar-refractivity contribution in [2.45, 2.75) is 13.3 Å². The molecule has 18 heavy (non-hydrogen) atoms. The third-order valence-corrected chi connectivity index (χ3v) is 2.39. The van der Waals surface area contributed by atoms with Crippen LogP contribution in [0.15, 0.2) is 0 Å². The summed E-state index contributed by atoms with van der Waals surface area (Å²) >= 11 is 0. The Balaban J connectivity index is 2.18. The average Bonchev–Trinajstić information content (AvgIpc) is 2.68. The molecule has 7 nitrogen and oxygen atoms in total. The zero-order valence-corrected chi connectivity index (χ0v) is 10.8. The molecule has 1 aromatic rings. The third-order valence-electron chi connectivity index (χ3n) is 2.39. The molecular weight excluding hydrogens is 236 g/mol. The first-order chi connectivity index (χ1) is 8.66. The van der Waals surface area contributed by atoms with Gasteiger partial charge in [0.25, 0.3) is 5.91 Å². The van der Waals surface area contributed by atoms with Crippen molar-refractivity contribution in [2.75, 3.05) is 39.2 Å². The van der Waals surface area contributed by atoms with Crippen LogP contribution < -0.4 is 11.1 Å². The van der Waals surface area contributed by atoms with Crippen LogP contribution in [0.4, 0.5) is 5.82 Å². The highest BCUT2D eigenvalue weighted by Crippen LogP contribution is 2.11. The first kappa shape index (κ1) is 14.5. The normalized spacial score (nSPS) is 10.6. The van der Waals surface area contributed by atoms with Gasteiger partial charge in [0.15, 0.2) is 5.82 Å². The number of rotatable bonds is 8. The molecule has 1 rings (SSSR count). The largest absolute Gasteiger partial charge is 0.382 e. The summed E-state index contributed by atoms with van der Waals surface area (Å²) in [4.78, 5) is 11.8. The first-order valence-electron chi connectivity index (χ1n) is 5.82. The lowest BCUT2D eigenvalue weighted by molar-refractivity contribution is 0.0688. The Labute approximate surface area is 106 Å². The Kier molecular flexibility index (Phi) is 6.16. The summed E-state index contributed by atoms with van der Waals surface area (Å²) in [6.07, 6.45) is 0.742. The van der Waals surface area contributed by atoms with Crippen molar-refractivity contribution in [1.29, 1.82) is 0 Å². The van der Waals surface area contributed by atoms with Gasteiger partial charge in [-0.3, -0.25) is 9.89 Å². The van der Waals surface area contributed by atoms with Gasteiger partial charge >= 0.3 is 0 Å². The Hall–Kier alpha value is -1.60. The Morgan fingerprint density at radius 2 is 2.22 bits per heavy atom. The fraction of sp³-hybridized carbons (Fsp3) is 0.636. The number of aromatic nitrogens is 2. The molecule has 0 aliphatic carbocycles. The van der Waals surface area contributed by atoms with E-state index in [1.165, 1.54) is 0 Å². The zero-order valence-electron chi connectivity index (χ0n) is 10.8. The van der Waals surface area contributed by atoms with Crippen LogP contribution in [0.3, 0.4) is 0 Å². The van der Waals surface area contributed by atoms with Crippen molar-refractivity contribution < 1.29 is 14.3 Å². The molecule has 4 N–H and O–H groups in total. The van der Waals surface area contributed by atoms with Crippen LogP contribution in [0.25, 0.3) is 0 Å². The van der Waals surface area contributed by atoms with Crippen LogP contribution >= 0.6 is 0 Å². The molecule has 0 unspecified atom stereocenters. The molecule has 0 spiro atoms. The van der Waals surface area contributed by atoms with Crippen LogP contribution in [-0.4, -0.2) is 49.6 Å². The second-order valence-electron chi connectivity index (χ2n) is 3.82. The van der Waals surface area contributed by atoms with E-state index in [-0.39, 0.29) is 11.7 Å². The predicted octanol–water partition coefficient (Wildman–Crippen LogP) is 0.0832. The molecule has 102 valence electrons. The minimum Gasteiger partial charge on any atom is -0.382 e. The summed E-state index contributed by atoms with van der Waals surface area (Å²) in [5.74, 6) is 0.0111. The predicted molar refractivity (Wildman–Crippen MR) is 67.4 cm³/mol. The number of anilines is 1. The second-order valence-corrected chi connectivity index (χ2v) is 3.82. The van der Waals surface area contributed by atoms with Crippen LogP contribution in [0.5, 0.6) is 0 Å². The molecule has 0 aliphatic rings. The van der Waals surface area contributed by atoms with Gasteiger partial charge in [0.1, 0.15) is 5.56 Å². The maximum atomic E-state index is 11.8. The number of hydrogen-bond acceptors (Lipinski definition) is 5. The third kappa shape index (κ3) is 4.34. The fourth-order valence-electron chi connectivity index (χ4n) is 1.44. The number of amides is 1. The number of nitrogen functional groups attached to an aromatic ring is 1. The van der Waals surface area contributed by atoms with E-state index in [0.717, 1.165) is 6.42 Å². The second kappa shape index (κ2) is 7.67. The zero-order chi connectivity index (χ0) is 13.4. The van der Waals surface area contributed by atoms with Gasteiger partial charge in [-0.15, -0.1) is 0 Å². The molecule has 0 saturated carbocycles. The first-order valence-corrected chi connectivity index (χ1v) is 5.82. The van der Waals surface area contributed by atoms with Crippen LogP contribution in [-0.2, 0) is 9.47 Å². The van der Waals surface area contributed by atoms with Crippen molar-refractivity contribution in [2.24, 2.45) is 0 Å². The van der Waals surface area contributed by atoms with E-state index in [9.17, 15) is 4.79 Å². The summed E-state index contributed by atoms with van der Waals surface area (Å²) in [5, 5.41) is 9.20. The van der Waals surface area contributed by atoms with Crippen molar-refractivity contribution in [3.8, 4) is 0 Å². The number of H-pyrrole nitrogens is 1. The van der Waals surface area contributed by atoms with Crippen molar-refractivity contribution in [3.63, 3.8) is 0 Å². The van der Waals surface area contributed by atoms with Gasteiger partial charge < -0.3 is 20.5 Å². The number of hydrogen-bond donors (Lipinski definition) is 3. The number of methoxy groups -OCH3 is 1. The van der Waals surface area contributed by atoms with Crippen LogP contribution in [0.2, 0.25) is 0 Å². The Morgan fingerprint density at radius 1 is 1.44 bits per heavy atom. The summed E-state index contributed by atoms with van der Waals surface area (Å²) in [6, 6.07) is 0. The maximum absolute atomic E-state index is 11.8.